The number of ether oxygens (including phenoxy) is 1. The number of nitrogens with zero attached hydrogens (tertiary/aromatic N) is 2. The van der Waals surface area contributed by atoms with E-state index in [1.165, 1.54) is 18.4 Å². The average molecular weight is 546 g/mol. The van der Waals surface area contributed by atoms with Gasteiger partial charge in [0.1, 0.15) is 5.00 Å². The van der Waals surface area contributed by atoms with Crippen molar-refractivity contribution in [3.63, 3.8) is 0 Å². The third kappa shape index (κ3) is 5.67. The summed E-state index contributed by atoms with van der Waals surface area (Å²) in [6.07, 6.45) is 0. The second kappa shape index (κ2) is 10.8. The first kappa shape index (κ1) is 25.2. The van der Waals surface area contributed by atoms with E-state index in [0.717, 1.165) is 33.1 Å². The first-order valence-corrected chi connectivity index (χ1v) is 12.6. The van der Waals surface area contributed by atoms with Crippen LogP contribution in [-0.2, 0) is 11.3 Å². The first-order chi connectivity index (χ1) is 16.8. The highest BCUT2D eigenvalue weighted by molar-refractivity contribution is 7.80. The molecule has 0 fully saturated rings. The van der Waals surface area contributed by atoms with Gasteiger partial charge in [-0.05, 0) is 55.4 Å². The Morgan fingerprint density at radius 1 is 1.11 bits per heavy atom. The van der Waals surface area contributed by atoms with Gasteiger partial charge in [0, 0.05) is 14.9 Å². The lowest BCUT2D eigenvalue weighted by Crippen LogP contribution is -2.20. The number of thiophene rings is 1. The van der Waals surface area contributed by atoms with Gasteiger partial charge in [-0.2, -0.15) is 5.10 Å². The number of carbonyl (C=O) groups is 1. The zero-order chi connectivity index (χ0) is 25.1. The van der Waals surface area contributed by atoms with Crippen LogP contribution in [0.2, 0.25) is 10.0 Å². The van der Waals surface area contributed by atoms with Crippen LogP contribution in [0.15, 0.2) is 54.6 Å². The Bertz CT molecular complexity index is 1400. The van der Waals surface area contributed by atoms with E-state index in [4.69, 9.17) is 40.2 Å². The van der Waals surface area contributed by atoms with E-state index in [1.54, 1.807) is 18.2 Å². The summed E-state index contributed by atoms with van der Waals surface area (Å²) >= 11 is 19.4. The maximum atomic E-state index is 12.4. The minimum absolute atomic E-state index is 0.340. The van der Waals surface area contributed by atoms with Crippen molar-refractivity contribution in [3.8, 4) is 10.4 Å². The van der Waals surface area contributed by atoms with Crippen LogP contribution in [0.4, 0.5) is 10.7 Å². The lowest BCUT2D eigenvalue weighted by molar-refractivity contribution is 0.0602. The normalized spacial score (nSPS) is 10.8. The fraction of sp³-hybridized carbons (Fsp3) is 0.160. The zero-order valence-electron chi connectivity index (χ0n) is 19.2. The molecule has 0 saturated carbocycles. The van der Waals surface area contributed by atoms with Gasteiger partial charge in [-0.25, -0.2) is 4.79 Å². The summed E-state index contributed by atoms with van der Waals surface area (Å²) in [5.74, 6) is -0.436. The molecule has 0 atom stereocenters. The molecular formula is C25H22Cl2N4O2S2. The highest BCUT2D eigenvalue weighted by Crippen LogP contribution is 2.36. The molecule has 2 aromatic carbocycles. The largest absolute Gasteiger partial charge is 0.465 e. The van der Waals surface area contributed by atoms with Crippen molar-refractivity contribution in [1.82, 2.24) is 9.78 Å². The summed E-state index contributed by atoms with van der Waals surface area (Å²) in [5.41, 5.74) is 4.78. The van der Waals surface area contributed by atoms with Crippen molar-refractivity contribution < 1.29 is 9.53 Å². The van der Waals surface area contributed by atoms with Gasteiger partial charge in [0.25, 0.3) is 0 Å². The summed E-state index contributed by atoms with van der Waals surface area (Å²) < 4.78 is 6.83. The quantitative estimate of drug-likeness (QED) is 0.198. The van der Waals surface area contributed by atoms with Crippen molar-refractivity contribution in [1.29, 1.82) is 0 Å². The van der Waals surface area contributed by atoms with Crippen LogP contribution in [-0.4, -0.2) is 28.0 Å². The lowest BCUT2D eigenvalue weighted by Gasteiger charge is -2.11. The van der Waals surface area contributed by atoms with E-state index < -0.39 is 5.97 Å². The molecule has 180 valence electrons. The number of benzene rings is 2. The highest BCUT2D eigenvalue weighted by Gasteiger charge is 2.20. The molecule has 4 aromatic rings. The van der Waals surface area contributed by atoms with Gasteiger partial charge in [-0.3, -0.25) is 4.68 Å². The van der Waals surface area contributed by atoms with Crippen LogP contribution in [0.1, 0.15) is 27.3 Å². The highest BCUT2D eigenvalue weighted by atomic mass is 35.5. The number of methoxy groups -OCH3 is 1. The minimum Gasteiger partial charge on any atom is -0.465 e. The van der Waals surface area contributed by atoms with E-state index in [0.29, 0.717) is 32.3 Å². The van der Waals surface area contributed by atoms with Crippen LogP contribution in [0.25, 0.3) is 10.4 Å². The summed E-state index contributed by atoms with van der Waals surface area (Å²) in [7, 11) is 1.36. The number of thiocarbonyl (C=S) groups is 1. The van der Waals surface area contributed by atoms with Crippen LogP contribution < -0.4 is 10.6 Å². The maximum Gasteiger partial charge on any atom is 0.340 e. The summed E-state index contributed by atoms with van der Waals surface area (Å²) in [5, 5.41) is 13.1. The second-order valence-corrected chi connectivity index (χ2v) is 10.0. The molecule has 0 aliphatic heterocycles. The van der Waals surface area contributed by atoms with E-state index >= 15 is 0 Å². The number of hydrogen-bond donors (Lipinski definition) is 2. The molecule has 0 amide bonds. The molecule has 2 N–H and O–H groups in total. The Kier molecular flexibility index (Phi) is 7.76. The van der Waals surface area contributed by atoms with Gasteiger partial charge in [-0.1, -0.05) is 59.6 Å². The van der Waals surface area contributed by atoms with Crippen LogP contribution in [0.3, 0.4) is 0 Å². The lowest BCUT2D eigenvalue weighted by atomic mass is 10.1. The predicted molar refractivity (Wildman–Crippen MR) is 148 cm³/mol. The molecule has 0 radical (unpaired) electrons. The molecule has 6 nitrogen and oxygen atoms in total. The third-order valence-electron chi connectivity index (χ3n) is 5.38. The molecule has 0 aliphatic carbocycles. The van der Waals surface area contributed by atoms with Gasteiger partial charge in [0.15, 0.2) is 5.11 Å². The number of hydrogen-bond acceptors (Lipinski definition) is 5. The van der Waals surface area contributed by atoms with Crippen molar-refractivity contribution in [2.24, 2.45) is 0 Å². The third-order valence-corrected chi connectivity index (χ3v) is 7.27. The topological polar surface area (TPSA) is 68.2 Å². The van der Waals surface area contributed by atoms with Crippen LogP contribution in [0, 0.1) is 13.8 Å². The Morgan fingerprint density at radius 2 is 1.86 bits per heavy atom. The van der Waals surface area contributed by atoms with Gasteiger partial charge in [0.2, 0.25) is 0 Å². The Labute approximate surface area is 222 Å². The number of esters is 1. The van der Waals surface area contributed by atoms with Crippen LogP contribution in [0.5, 0.6) is 0 Å². The second-order valence-electron chi connectivity index (χ2n) is 7.73. The predicted octanol–water partition coefficient (Wildman–Crippen LogP) is 7.18. The molecule has 35 heavy (non-hydrogen) atoms. The first-order valence-electron chi connectivity index (χ1n) is 10.6. The van der Waals surface area contributed by atoms with E-state index in [2.05, 4.69) is 15.7 Å². The van der Waals surface area contributed by atoms with Crippen LogP contribution >= 0.6 is 46.8 Å². The number of rotatable bonds is 6. The summed E-state index contributed by atoms with van der Waals surface area (Å²) in [4.78, 5) is 13.3. The smallest absolute Gasteiger partial charge is 0.340 e. The fourth-order valence-electron chi connectivity index (χ4n) is 3.58. The number of anilines is 2. The van der Waals surface area contributed by atoms with Crippen molar-refractivity contribution in [2.75, 3.05) is 17.7 Å². The van der Waals surface area contributed by atoms with Gasteiger partial charge < -0.3 is 15.4 Å². The average Bonchev–Trinajstić information content (AvgIpc) is 3.37. The summed E-state index contributed by atoms with van der Waals surface area (Å²) in [6.45, 7) is 4.34. The number of aryl methyl sites for hydroxylation is 1. The SMILES string of the molecule is COC(=O)c1cc(-c2ccccc2)sc1NC(=S)Nc1c(C)nn(Cc2ccc(Cl)cc2Cl)c1C. The molecule has 2 aromatic heterocycles. The van der Waals surface area contributed by atoms with Crippen molar-refractivity contribution in [3.05, 3.63) is 87.2 Å². The molecule has 4 rings (SSSR count). The zero-order valence-corrected chi connectivity index (χ0v) is 22.3. The Morgan fingerprint density at radius 3 is 2.54 bits per heavy atom. The van der Waals surface area contributed by atoms with Gasteiger partial charge >= 0.3 is 5.97 Å². The Hall–Kier alpha value is -2.91. The molecule has 0 aliphatic rings. The maximum absolute atomic E-state index is 12.4. The molecule has 0 unspecified atom stereocenters. The monoisotopic (exact) mass is 544 g/mol. The Balaban J connectivity index is 1.55. The molecule has 10 heteroatoms. The molecular weight excluding hydrogens is 523 g/mol. The van der Waals surface area contributed by atoms with Crippen molar-refractivity contribution in [2.45, 2.75) is 20.4 Å². The van der Waals surface area contributed by atoms with Gasteiger partial charge in [0.05, 0.1) is 36.3 Å². The molecule has 0 saturated heterocycles. The number of aromatic nitrogens is 2. The minimum atomic E-state index is -0.436. The number of halogens is 2. The molecule has 2 heterocycles. The van der Waals surface area contributed by atoms with E-state index in [9.17, 15) is 4.79 Å². The number of nitrogens with one attached hydrogen (secondary N) is 2. The van der Waals surface area contributed by atoms with Crippen molar-refractivity contribution >= 4 is 68.5 Å². The summed E-state index contributed by atoms with van der Waals surface area (Å²) in [6, 6.07) is 17.0. The van der Waals surface area contributed by atoms with E-state index in [1.807, 2.05) is 54.9 Å². The number of carbonyl (C=O) groups excluding carboxylic acids is 1. The fourth-order valence-corrected chi connectivity index (χ4v) is 5.37. The molecule has 0 bridgehead atoms. The van der Waals surface area contributed by atoms with E-state index in [-0.39, 0.29) is 0 Å². The van der Waals surface area contributed by atoms with Gasteiger partial charge in [-0.15, -0.1) is 11.3 Å². The standard InChI is InChI=1S/C25H22Cl2N4O2S2/c1-14-22(15(2)31(30-14)13-17-9-10-18(26)11-20(17)27)28-25(34)29-23-19(24(32)33-3)12-21(35-23)16-7-5-4-6-8-16/h4-12H,13H2,1-3H3,(H2,28,29,34). The molecule has 0 spiro atoms.